The number of Topliss-reactive ketones (excluding diaryl/α,β-unsaturated/α-hetero) is 1. The number of hydrogen-bond acceptors (Lipinski definition) is 5. The van der Waals surface area contributed by atoms with E-state index in [-0.39, 0.29) is 31.3 Å². The minimum atomic E-state index is -4.17. The van der Waals surface area contributed by atoms with Gasteiger partial charge in [0.1, 0.15) is 11.5 Å². The zero-order valence-electron chi connectivity index (χ0n) is 28.1. The summed E-state index contributed by atoms with van der Waals surface area (Å²) in [5.74, 6) is 0.586. The Morgan fingerprint density at radius 3 is 1.86 bits per heavy atom. The highest BCUT2D eigenvalue weighted by atomic mass is 31.2. The zero-order valence-corrected chi connectivity index (χ0v) is 29.0. The molecule has 0 aliphatic carbocycles. The van der Waals surface area contributed by atoms with Gasteiger partial charge in [-0.3, -0.25) is 9.05 Å². The molecule has 0 heterocycles. The van der Waals surface area contributed by atoms with Gasteiger partial charge in [-0.2, -0.15) is 0 Å². The van der Waals surface area contributed by atoms with Crippen LogP contribution in [0.3, 0.4) is 0 Å². The lowest BCUT2D eigenvalue weighted by Gasteiger charge is -2.20. The Morgan fingerprint density at radius 2 is 1.33 bits per heavy atom. The molecular formula is C35H65NO6P+. The van der Waals surface area contributed by atoms with E-state index < -0.39 is 7.82 Å². The Hall–Kier alpha value is -1.24. The fourth-order valence-electron chi connectivity index (χ4n) is 5.40. The van der Waals surface area contributed by atoms with E-state index in [2.05, 4.69) is 6.92 Å². The summed E-state index contributed by atoms with van der Waals surface area (Å²) in [6.45, 7) is 5.44. The highest BCUT2D eigenvalue weighted by Crippen LogP contribution is 2.44. The second-order valence-corrected chi connectivity index (χ2v) is 14.1. The third kappa shape index (κ3) is 23.8. The summed E-state index contributed by atoms with van der Waals surface area (Å²) in [6, 6.07) is 7.86. The van der Waals surface area contributed by atoms with E-state index in [4.69, 9.17) is 13.8 Å². The summed E-state index contributed by atoms with van der Waals surface area (Å²) >= 11 is 0. The van der Waals surface area contributed by atoms with Gasteiger partial charge in [0.25, 0.3) is 0 Å². The summed E-state index contributed by atoms with van der Waals surface area (Å²) in [7, 11) is -0.131. The number of rotatable bonds is 30. The maximum Gasteiger partial charge on any atom is 0.472 e. The first-order chi connectivity index (χ1) is 20.7. The number of benzene rings is 1. The van der Waals surface area contributed by atoms with Gasteiger partial charge in [0, 0.05) is 12.8 Å². The monoisotopic (exact) mass is 626 g/mol. The number of nitrogens with one attached hydrogen (secondary N) is 1. The van der Waals surface area contributed by atoms with Crippen molar-refractivity contribution < 1.29 is 32.9 Å². The molecule has 2 unspecified atom stereocenters. The predicted molar refractivity (Wildman–Crippen MR) is 178 cm³/mol. The van der Waals surface area contributed by atoms with Gasteiger partial charge < -0.3 is 19.3 Å². The molecule has 0 bridgehead atoms. The maximum absolute atomic E-state index is 12.3. The number of ether oxygens (including phenoxy) is 1. The Bertz CT molecular complexity index is 864. The van der Waals surface area contributed by atoms with Crippen molar-refractivity contribution in [2.75, 3.05) is 40.5 Å². The number of quaternary nitrogens is 1. The summed E-state index contributed by atoms with van der Waals surface area (Å²) in [4.78, 5) is 23.3. The Morgan fingerprint density at radius 1 is 0.791 bits per heavy atom. The molecular weight excluding hydrogens is 561 g/mol. The van der Waals surface area contributed by atoms with Crippen LogP contribution >= 0.6 is 7.82 Å². The van der Waals surface area contributed by atoms with E-state index in [1.54, 1.807) is 0 Å². The van der Waals surface area contributed by atoms with E-state index in [1.165, 1.54) is 108 Å². The van der Waals surface area contributed by atoms with Crippen LogP contribution in [-0.4, -0.2) is 51.1 Å². The summed E-state index contributed by atoms with van der Waals surface area (Å²) < 4.78 is 28.9. The molecule has 0 saturated heterocycles. The van der Waals surface area contributed by atoms with Gasteiger partial charge in [0.2, 0.25) is 0 Å². The van der Waals surface area contributed by atoms with E-state index >= 15 is 0 Å². The van der Waals surface area contributed by atoms with Crippen LogP contribution in [0.5, 0.6) is 5.75 Å². The maximum atomic E-state index is 12.3. The van der Waals surface area contributed by atoms with Gasteiger partial charge in [-0.15, -0.1) is 0 Å². The number of ketones is 1. The topological polar surface area (TPSA) is 86.5 Å². The molecule has 43 heavy (non-hydrogen) atoms. The largest absolute Gasteiger partial charge is 0.493 e. The normalized spacial score (nSPS) is 13.7. The average molecular weight is 627 g/mol. The average Bonchev–Trinajstić information content (AvgIpc) is 2.96. The summed E-state index contributed by atoms with van der Waals surface area (Å²) in [5.41, 5.74) is 0.983. The van der Waals surface area contributed by atoms with E-state index in [0.29, 0.717) is 19.4 Å². The van der Waals surface area contributed by atoms with Crippen molar-refractivity contribution in [2.45, 2.75) is 136 Å². The smallest absolute Gasteiger partial charge is 0.472 e. The molecule has 0 saturated carbocycles. The van der Waals surface area contributed by atoms with Gasteiger partial charge in [0.05, 0.1) is 40.5 Å². The van der Waals surface area contributed by atoms with Crippen molar-refractivity contribution in [1.82, 2.24) is 0 Å². The predicted octanol–water partition coefficient (Wildman–Crippen LogP) is 8.13. The van der Waals surface area contributed by atoms with Crippen LogP contribution in [-0.2, 0) is 24.8 Å². The van der Waals surface area contributed by atoms with E-state index in [1.807, 2.05) is 38.4 Å². The van der Waals surface area contributed by atoms with Crippen molar-refractivity contribution in [3.8, 4) is 5.75 Å². The number of hydrogen-bond donors (Lipinski definition) is 2. The minimum absolute atomic E-state index is 0.0165. The molecule has 7 nitrogen and oxygen atoms in total. The van der Waals surface area contributed by atoms with E-state index in [0.717, 1.165) is 24.3 Å². The molecule has 2 N–H and O–H groups in total. The van der Waals surface area contributed by atoms with Gasteiger partial charge >= 0.3 is 7.82 Å². The Kier molecular flexibility index (Phi) is 24.1. The SMILES string of the molecule is CCCCCCCCCCCCCCCCCCOc1ccccc1CC(COP(=O)(O)OCCC[NH+](C)C)CC(C)=O. The van der Waals surface area contributed by atoms with Gasteiger partial charge in [-0.25, -0.2) is 4.57 Å². The fraction of sp³-hybridized carbons (Fsp3) is 0.800. The second kappa shape index (κ2) is 26.0. The molecule has 1 rings (SSSR count). The van der Waals surface area contributed by atoms with Gasteiger partial charge in [-0.05, 0) is 37.3 Å². The molecule has 250 valence electrons. The van der Waals surface area contributed by atoms with Crippen molar-refractivity contribution >= 4 is 13.6 Å². The molecule has 0 radical (unpaired) electrons. The quantitative estimate of drug-likeness (QED) is 0.0662. The van der Waals surface area contributed by atoms with Crippen LogP contribution in [0.2, 0.25) is 0 Å². The standard InChI is InChI=1S/C35H64NO6P/c1-5-6-7-8-9-10-11-12-13-14-15-16-17-18-19-22-27-40-35-25-21-20-24-34(35)30-33(29-32(2)37)31-42-43(38,39)41-28-23-26-36(3)4/h20-21,24-25,33H,5-19,22-23,26-31H2,1-4H3,(H,38,39)/p+1. The Labute approximate surface area is 264 Å². The molecule has 0 aromatic heterocycles. The highest BCUT2D eigenvalue weighted by molar-refractivity contribution is 7.47. The fourth-order valence-corrected chi connectivity index (χ4v) is 6.23. The molecule has 0 aliphatic rings. The molecule has 0 amide bonds. The highest BCUT2D eigenvalue weighted by Gasteiger charge is 2.25. The summed E-state index contributed by atoms with van der Waals surface area (Å²) in [6.07, 6.45) is 22.9. The second-order valence-electron chi connectivity index (χ2n) is 12.6. The number of carbonyl (C=O) groups is 1. The first-order valence-corrected chi connectivity index (χ1v) is 18.8. The number of unbranched alkanes of at least 4 members (excludes halogenated alkanes) is 15. The molecule has 1 aromatic carbocycles. The van der Waals surface area contributed by atoms with Crippen LogP contribution in [0.1, 0.15) is 135 Å². The third-order valence-corrected chi connectivity index (χ3v) is 8.85. The first-order valence-electron chi connectivity index (χ1n) is 17.3. The van der Waals surface area contributed by atoms with Crippen molar-refractivity contribution in [2.24, 2.45) is 5.92 Å². The Balaban J connectivity index is 2.26. The molecule has 0 spiro atoms. The van der Waals surface area contributed by atoms with Crippen molar-refractivity contribution in [3.63, 3.8) is 0 Å². The van der Waals surface area contributed by atoms with Crippen molar-refractivity contribution in [1.29, 1.82) is 0 Å². The lowest BCUT2D eigenvalue weighted by atomic mass is 9.95. The zero-order chi connectivity index (χ0) is 31.6. The molecule has 1 aromatic rings. The van der Waals surface area contributed by atoms with Crippen LogP contribution in [0.15, 0.2) is 24.3 Å². The lowest BCUT2D eigenvalue weighted by Crippen LogP contribution is -3.05. The van der Waals surface area contributed by atoms with Crippen LogP contribution < -0.4 is 9.64 Å². The van der Waals surface area contributed by atoms with Crippen LogP contribution in [0.25, 0.3) is 0 Å². The van der Waals surface area contributed by atoms with Crippen LogP contribution in [0.4, 0.5) is 0 Å². The van der Waals surface area contributed by atoms with Crippen LogP contribution in [0, 0.1) is 5.92 Å². The van der Waals surface area contributed by atoms with Gasteiger partial charge in [0.15, 0.2) is 0 Å². The molecule has 8 heteroatoms. The third-order valence-electron chi connectivity index (χ3n) is 7.86. The molecule has 2 atom stereocenters. The molecule has 0 aliphatic heterocycles. The number of phosphoric ester groups is 1. The first kappa shape index (κ1) is 39.8. The van der Waals surface area contributed by atoms with E-state index in [9.17, 15) is 14.3 Å². The number of carbonyl (C=O) groups excluding carboxylic acids is 1. The minimum Gasteiger partial charge on any atom is -0.493 e. The molecule has 0 fully saturated rings. The lowest BCUT2D eigenvalue weighted by molar-refractivity contribution is -0.858. The van der Waals surface area contributed by atoms with Crippen molar-refractivity contribution in [3.05, 3.63) is 29.8 Å². The number of phosphoric acid groups is 1. The summed E-state index contributed by atoms with van der Waals surface area (Å²) in [5, 5.41) is 0. The van der Waals surface area contributed by atoms with Gasteiger partial charge in [-0.1, -0.05) is 121 Å². The number of para-hydroxylation sites is 1.